The van der Waals surface area contributed by atoms with E-state index in [1.54, 1.807) is 6.92 Å². The average molecular weight is 330 g/mol. The van der Waals surface area contributed by atoms with Crippen molar-refractivity contribution in [3.63, 3.8) is 0 Å². The van der Waals surface area contributed by atoms with Gasteiger partial charge in [0.25, 0.3) is 0 Å². The van der Waals surface area contributed by atoms with E-state index in [-0.39, 0.29) is 18.9 Å². The number of cyclic esters (lactones) is 1. The first kappa shape index (κ1) is 16.2. The molecule has 0 unspecified atom stereocenters. The van der Waals surface area contributed by atoms with Crippen molar-refractivity contribution in [2.45, 2.75) is 45.3 Å². The van der Waals surface area contributed by atoms with Gasteiger partial charge in [-0.15, -0.1) is 10.2 Å². The molecule has 2 aromatic rings. The third-order valence-corrected chi connectivity index (χ3v) is 3.71. The van der Waals surface area contributed by atoms with Crippen LogP contribution in [-0.4, -0.2) is 34.3 Å². The molecule has 126 valence electrons. The predicted molar refractivity (Wildman–Crippen MR) is 82.8 cm³/mol. The molecule has 2 atom stereocenters. The Morgan fingerprint density at radius 1 is 1.29 bits per heavy atom. The van der Waals surface area contributed by atoms with Crippen LogP contribution in [0.1, 0.15) is 31.2 Å². The lowest BCUT2D eigenvalue weighted by molar-refractivity contribution is -0.160. The molecule has 3 rings (SSSR count). The fourth-order valence-electron chi connectivity index (χ4n) is 2.41. The number of esters is 2. The second-order valence-electron chi connectivity index (χ2n) is 5.83. The number of hydrogen-bond acceptors (Lipinski definition) is 7. The molecule has 0 spiro atoms. The highest BCUT2D eigenvalue weighted by Crippen LogP contribution is 2.20. The Hall–Kier alpha value is -2.70. The molecule has 1 aliphatic rings. The highest BCUT2D eigenvalue weighted by Gasteiger charge is 2.34. The van der Waals surface area contributed by atoms with Gasteiger partial charge in [0.2, 0.25) is 17.9 Å². The van der Waals surface area contributed by atoms with Gasteiger partial charge in [-0.2, -0.15) is 0 Å². The Morgan fingerprint density at radius 2 is 2.04 bits per heavy atom. The van der Waals surface area contributed by atoms with Crippen LogP contribution >= 0.6 is 0 Å². The molecule has 2 heterocycles. The monoisotopic (exact) mass is 330 g/mol. The van der Waals surface area contributed by atoms with Crippen LogP contribution in [0, 0.1) is 6.92 Å². The van der Waals surface area contributed by atoms with Gasteiger partial charge in [-0.1, -0.05) is 17.7 Å². The number of carbonyl (C=O) groups is 2. The molecule has 0 saturated carbocycles. The number of aromatic nitrogens is 2. The fourth-order valence-corrected chi connectivity index (χ4v) is 2.41. The third kappa shape index (κ3) is 3.79. The van der Waals surface area contributed by atoms with E-state index in [2.05, 4.69) is 10.2 Å². The standard InChI is InChI=1S/C17H18N2O5/c1-10-3-5-12(6-4-10)16-19-18-14(24-16)7-8-15(20)23-13-9-11(2)22-17(13)21/h3-6,11,13H,7-9H2,1-2H3/t11-,13-/m0/s1. The van der Waals surface area contributed by atoms with Gasteiger partial charge in [-0.25, -0.2) is 4.79 Å². The van der Waals surface area contributed by atoms with Crippen molar-refractivity contribution in [2.24, 2.45) is 0 Å². The second kappa shape index (κ2) is 6.82. The first-order chi connectivity index (χ1) is 11.5. The van der Waals surface area contributed by atoms with E-state index in [1.807, 2.05) is 31.2 Å². The molecular weight excluding hydrogens is 312 g/mol. The van der Waals surface area contributed by atoms with Crippen LogP contribution in [0.2, 0.25) is 0 Å². The van der Waals surface area contributed by atoms with Crippen molar-refractivity contribution < 1.29 is 23.5 Å². The Bertz CT molecular complexity index is 738. The van der Waals surface area contributed by atoms with Crippen LogP contribution in [0.4, 0.5) is 0 Å². The summed E-state index contributed by atoms with van der Waals surface area (Å²) in [6.45, 7) is 3.76. The van der Waals surface area contributed by atoms with Crippen molar-refractivity contribution in [2.75, 3.05) is 0 Å². The van der Waals surface area contributed by atoms with E-state index < -0.39 is 18.0 Å². The minimum absolute atomic E-state index is 0.0632. The summed E-state index contributed by atoms with van der Waals surface area (Å²) >= 11 is 0. The largest absolute Gasteiger partial charge is 0.460 e. The zero-order valence-corrected chi connectivity index (χ0v) is 13.5. The number of hydrogen-bond donors (Lipinski definition) is 0. The quantitative estimate of drug-likeness (QED) is 0.776. The van der Waals surface area contributed by atoms with Crippen LogP contribution in [0.3, 0.4) is 0 Å². The Kier molecular flexibility index (Phi) is 4.59. The van der Waals surface area contributed by atoms with E-state index in [0.717, 1.165) is 11.1 Å². The van der Waals surface area contributed by atoms with Crippen molar-refractivity contribution >= 4 is 11.9 Å². The summed E-state index contributed by atoms with van der Waals surface area (Å²) < 4.78 is 15.6. The summed E-state index contributed by atoms with van der Waals surface area (Å²) in [6.07, 6.45) is -0.313. The molecule has 1 aliphatic heterocycles. The van der Waals surface area contributed by atoms with Gasteiger partial charge in [0.1, 0.15) is 6.10 Å². The topological polar surface area (TPSA) is 91.5 Å². The summed E-state index contributed by atoms with van der Waals surface area (Å²) in [5.41, 5.74) is 1.96. The predicted octanol–water partition coefficient (Wildman–Crippen LogP) is 2.22. The number of benzene rings is 1. The molecule has 24 heavy (non-hydrogen) atoms. The van der Waals surface area contributed by atoms with Gasteiger partial charge in [0.15, 0.2) is 0 Å². The normalized spacial score (nSPS) is 20.0. The number of aryl methyl sites for hydroxylation is 2. The first-order valence-corrected chi connectivity index (χ1v) is 7.80. The van der Waals surface area contributed by atoms with E-state index in [9.17, 15) is 9.59 Å². The van der Waals surface area contributed by atoms with Crippen LogP contribution in [0.5, 0.6) is 0 Å². The fraction of sp³-hybridized carbons (Fsp3) is 0.412. The van der Waals surface area contributed by atoms with E-state index >= 15 is 0 Å². The molecule has 1 fully saturated rings. The SMILES string of the molecule is Cc1ccc(-c2nnc(CCC(=O)O[C@H]3C[C@H](C)OC3=O)o2)cc1. The molecule has 7 nitrogen and oxygen atoms in total. The molecule has 0 bridgehead atoms. The number of nitrogens with zero attached hydrogens (tertiary/aromatic N) is 2. The van der Waals surface area contributed by atoms with Gasteiger partial charge in [-0.3, -0.25) is 4.79 Å². The molecule has 1 aromatic heterocycles. The maximum atomic E-state index is 11.8. The highest BCUT2D eigenvalue weighted by atomic mass is 16.6. The highest BCUT2D eigenvalue weighted by molar-refractivity contribution is 5.81. The lowest BCUT2D eigenvalue weighted by atomic mass is 10.1. The number of rotatable bonds is 5. The molecule has 1 aromatic carbocycles. The van der Waals surface area contributed by atoms with Crippen molar-refractivity contribution in [3.05, 3.63) is 35.7 Å². The number of carbonyl (C=O) groups excluding carboxylic acids is 2. The maximum Gasteiger partial charge on any atom is 0.347 e. The average Bonchev–Trinajstić information content (AvgIpc) is 3.13. The lowest BCUT2D eigenvalue weighted by Gasteiger charge is -2.07. The Morgan fingerprint density at radius 3 is 2.71 bits per heavy atom. The van der Waals surface area contributed by atoms with Gasteiger partial charge in [0, 0.05) is 18.4 Å². The Balaban J connectivity index is 1.53. The molecule has 0 radical (unpaired) electrons. The smallest absolute Gasteiger partial charge is 0.347 e. The zero-order chi connectivity index (χ0) is 17.1. The molecule has 7 heteroatoms. The summed E-state index contributed by atoms with van der Waals surface area (Å²) in [7, 11) is 0. The molecule has 0 aliphatic carbocycles. The molecular formula is C17H18N2O5. The van der Waals surface area contributed by atoms with Gasteiger partial charge >= 0.3 is 11.9 Å². The van der Waals surface area contributed by atoms with Gasteiger partial charge < -0.3 is 13.9 Å². The van der Waals surface area contributed by atoms with E-state index in [4.69, 9.17) is 13.9 Å². The lowest BCUT2D eigenvalue weighted by Crippen LogP contribution is -2.22. The maximum absolute atomic E-state index is 11.8. The summed E-state index contributed by atoms with van der Waals surface area (Å²) in [5, 5.41) is 7.91. The van der Waals surface area contributed by atoms with Gasteiger partial charge in [-0.05, 0) is 26.0 Å². The minimum atomic E-state index is -0.807. The van der Waals surface area contributed by atoms with Crippen LogP contribution < -0.4 is 0 Å². The van der Waals surface area contributed by atoms with Crippen molar-refractivity contribution in [1.82, 2.24) is 10.2 Å². The Labute approximate surface area is 139 Å². The number of ether oxygens (including phenoxy) is 2. The van der Waals surface area contributed by atoms with Crippen LogP contribution in [-0.2, 0) is 25.5 Å². The summed E-state index contributed by atoms with van der Waals surface area (Å²) in [4.78, 5) is 23.3. The van der Waals surface area contributed by atoms with Gasteiger partial charge in [0.05, 0.1) is 6.42 Å². The van der Waals surface area contributed by atoms with Crippen LogP contribution in [0.25, 0.3) is 11.5 Å². The van der Waals surface area contributed by atoms with E-state index in [1.165, 1.54) is 0 Å². The van der Waals surface area contributed by atoms with E-state index in [0.29, 0.717) is 18.2 Å². The third-order valence-electron chi connectivity index (χ3n) is 3.71. The first-order valence-electron chi connectivity index (χ1n) is 7.80. The second-order valence-corrected chi connectivity index (χ2v) is 5.83. The minimum Gasteiger partial charge on any atom is -0.460 e. The van der Waals surface area contributed by atoms with Crippen molar-refractivity contribution in [1.29, 1.82) is 0 Å². The molecule has 0 N–H and O–H groups in total. The molecule has 1 saturated heterocycles. The van der Waals surface area contributed by atoms with Crippen molar-refractivity contribution in [3.8, 4) is 11.5 Å². The zero-order valence-electron chi connectivity index (χ0n) is 13.5. The summed E-state index contributed by atoms with van der Waals surface area (Å²) in [5.74, 6) is -0.215. The molecule has 0 amide bonds. The summed E-state index contributed by atoms with van der Waals surface area (Å²) in [6, 6.07) is 7.71. The van der Waals surface area contributed by atoms with Crippen LogP contribution in [0.15, 0.2) is 28.7 Å².